The van der Waals surface area contributed by atoms with Gasteiger partial charge in [0.1, 0.15) is 5.82 Å². The first kappa shape index (κ1) is 12.3. The molecule has 0 saturated heterocycles. The number of hydrogen-bond donors (Lipinski definition) is 2. The van der Waals surface area contributed by atoms with Crippen molar-refractivity contribution in [2.24, 2.45) is 0 Å². The number of ether oxygens (including phenoxy) is 2. The number of benzene rings is 1. The highest BCUT2D eigenvalue weighted by Gasteiger charge is 2.14. The number of carbonyl (C=O) groups is 1. The number of carbonyl (C=O) groups excluding carboxylic acids is 1. The fourth-order valence-electron chi connectivity index (χ4n) is 1.89. The number of nitrogens with zero attached hydrogens (tertiary/aromatic N) is 1. The lowest BCUT2D eigenvalue weighted by atomic mass is 10.2. The maximum absolute atomic E-state index is 12.1. The summed E-state index contributed by atoms with van der Waals surface area (Å²) < 4.78 is 10.5. The molecule has 2 N–H and O–H groups in total. The van der Waals surface area contributed by atoms with Crippen molar-refractivity contribution in [1.82, 2.24) is 4.98 Å². The first-order chi connectivity index (χ1) is 9.76. The third kappa shape index (κ3) is 2.35. The van der Waals surface area contributed by atoms with Crippen molar-refractivity contribution in [1.29, 1.82) is 0 Å². The summed E-state index contributed by atoms with van der Waals surface area (Å²) in [6, 6.07) is 8.61. The van der Waals surface area contributed by atoms with E-state index in [-0.39, 0.29) is 12.7 Å². The Morgan fingerprint density at radius 1 is 1.20 bits per heavy atom. The van der Waals surface area contributed by atoms with Crippen molar-refractivity contribution in [2.75, 3.05) is 24.5 Å². The summed E-state index contributed by atoms with van der Waals surface area (Å²) in [5.41, 5.74) is 1.18. The SMILES string of the molecule is CNc1cc(C(=O)Nc2ccc3c(c2)OCO3)ccn1. The Labute approximate surface area is 115 Å². The van der Waals surface area contributed by atoms with Gasteiger partial charge in [-0.25, -0.2) is 4.98 Å². The van der Waals surface area contributed by atoms with Crippen LogP contribution in [0.4, 0.5) is 11.5 Å². The number of pyridine rings is 1. The maximum Gasteiger partial charge on any atom is 0.255 e. The number of aromatic nitrogens is 1. The Morgan fingerprint density at radius 2 is 2.05 bits per heavy atom. The molecule has 0 radical (unpaired) electrons. The summed E-state index contributed by atoms with van der Waals surface area (Å²) in [6.07, 6.45) is 1.58. The molecule has 1 aromatic carbocycles. The van der Waals surface area contributed by atoms with Crippen molar-refractivity contribution in [3.05, 3.63) is 42.1 Å². The van der Waals surface area contributed by atoms with E-state index >= 15 is 0 Å². The summed E-state index contributed by atoms with van der Waals surface area (Å²) in [5.74, 6) is 1.75. The van der Waals surface area contributed by atoms with E-state index in [1.165, 1.54) is 0 Å². The lowest BCUT2D eigenvalue weighted by molar-refractivity contribution is 0.102. The smallest absolute Gasteiger partial charge is 0.255 e. The topological polar surface area (TPSA) is 72.5 Å². The zero-order chi connectivity index (χ0) is 13.9. The largest absolute Gasteiger partial charge is 0.454 e. The molecule has 3 rings (SSSR count). The van der Waals surface area contributed by atoms with Gasteiger partial charge in [0, 0.05) is 30.6 Å². The number of hydrogen-bond acceptors (Lipinski definition) is 5. The van der Waals surface area contributed by atoms with Gasteiger partial charge in [-0.2, -0.15) is 0 Å². The third-order valence-electron chi connectivity index (χ3n) is 2.91. The third-order valence-corrected chi connectivity index (χ3v) is 2.91. The zero-order valence-corrected chi connectivity index (χ0v) is 10.8. The van der Waals surface area contributed by atoms with Gasteiger partial charge in [-0.15, -0.1) is 0 Å². The Kier molecular flexibility index (Phi) is 3.12. The van der Waals surface area contributed by atoms with Crippen molar-refractivity contribution < 1.29 is 14.3 Å². The summed E-state index contributed by atoms with van der Waals surface area (Å²) in [5, 5.41) is 5.70. The van der Waals surface area contributed by atoms with Crippen LogP contribution in [0, 0.1) is 0 Å². The van der Waals surface area contributed by atoms with Gasteiger partial charge in [0.25, 0.3) is 5.91 Å². The van der Waals surface area contributed by atoms with Crippen LogP contribution in [0.3, 0.4) is 0 Å². The zero-order valence-electron chi connectivity index (χ0n) is 10.8. The Bertz CT molecular complexity index is 658. The average Bonchev–Trinajstić information content (AvgIpc) is 2.95. The van der Waals surface area contributed by atoms with Gasteiger partial charge in [-0.05, 0) is 24.3 Å². The predicted octanol–water partition coefficient (Wildman–Crippen LogP) is 2.10. The molecule has 1 amide bonds. The second-order valence-electron chi connectivity index (χ2n) is 4.20. The summed E-state index contributed by atoms with van der Waals surface area (Å²) >= 11 is 0. The first-order valence-electron chi connectivity index (χ1n) is 6.11. The van der Waals surface area contributed by atoms with Crippen LogP contribution in [0.15, 0.2) is 36.5 Å². The minimum Gasteiger partial charge on any atom is -0.454 e. The van der Waals surface area contributed by atoms with Crippen molar-refractivity contribution in [3.8, 4) is 11.5 Å². The highest BCUT2D eigenvalue weighted by Crippen LogP contribution is 2.34. The molecule has 0 aliphatic carbocycles. The van der Waals surface area contributed by atoms with Crippen molar-refractivity contribution in [3.63, 3.8) is 0 Å². The van der Waals surface area contributed by atoms with E-state index in [1.807, 2.05) is 0 Å². The molecule has 0 spiro atoms. The minimum absolute atomic E-state index is 0.206. The van der Waals surface area contributed by atoms with Crippen LogP contribution in [-0.4, -0.2) is 24.7 Å². The molecule has 0 saturated carbocycles. The molecule has 6 heteroatoms. The Balaban J connectivity index is 1.78. The van der Waals surface area contributed by atoms with Gasteiger partial charge in [-0.1, -0.05) is 0 Å². The lowest BCUT2D eigenvalue weighted by Gasteiger charge is -2.07. The van der Waals surface area contributed by atoms with Gasteiger partial charge >= 0.3 is 0 Å². The van der Waals surface area contributed by atoms with E-state index in [0.717, 1.165) is 0 Å². The Hall–Kier alpha value is -2.76. The van der Waals surface area contributed by atoms with Gasteiger partial charge in [0.15, 0.2) is 11.5 Å². The lowest BCUT2D eigenvalue weighted by Crippen LogP contribution is -2.12. The monoisotopic (exact) mass is 271 g/mol. The van der Waals surface area contributed by atoms with E-state index in [0.29, 0.717) is 28.6 Å². The van der Waals surface area contributed by atoms with E-state index < -0.39 is 0 Å². The molecular weight excluding hydrogens is 258 g/mol. The van der Waals surface area contributed by atoms with Crippen LogP contribution < -0.4 is 20.1 Å². The van der Waals surface area contributed by atoms with E-state index in [1.54, 1.807) is 43.6 Å². The van der Waals surface area contributed by atoms with Crippen LogP contribution in [-0.2, 0) is 0 Å². The molecule has 1 aliphatic rings. The summed E-state index contributed by atoms with van der Waals surface area (Å²) in [6.45, 7) is 0.211. The molecular formula is C14H13N3O3. The van der Waals surface area contributed by atoms with Crippen LogP contribution in [0.25, 0.3) is 0 Å². The predicted molar refractivity (Wildman–Crippen MR) is 74.3 cm³/mol. The second kappa shape index (κ2) is 5.08. The quantitative estimate of drug-likeness (QED) is 0.894. The molecule has 2 heterocycles. The highest BCUT2D eigenvalue weighted by molar-refractivity contribution is 6.04. The molecule has 6 nitrogen and oxygen atoms in total. The van der Waals surface area contributed by atoms with Gasteiger partial charge < -0.3 is 20.1 Å². The minimum atomic E-state index is -0.206. The Morgan fingerprint density at radius 3 is 2.90 bits per heavy atom. The molecule has 0 bridgehead atoms. The second-order valence-corrected chi connectivity index (χ2v) is 4.20. The van der Waals surface area contributed by atoms with E-state index in [4.69, 9.17) is 9.47 Å². The number of amides is 1. The van der Waals surface area contributed by atoms with Crippen LogP contribution in [0.5, 0.6) is 11.5 Å². The normalized spacial score (nSPS) is 12.1. The van der Waals surface area contributed by atoms with Gasteiger partial charge in [0.05, 0.1) is 0 Å². The van der Waals surface area contributed by atoms with Crippen molar-refractivity contribution in [2.45, 2.75) is 0 Å². The number of nitrogens with one attached hydrogen (secondary N) is 2. The molecule has 0 unspecified atom stereocenters. The molecule has 102 valence electrons. The average molecular weight is 271 g/mol. The van der Waals surface area contributed by atoms with Gasteiger partial charge in [0.2, 0.25) is 6.79 Å². The van der Waals surface area contributed by atoms with Gasteiger partial charge in [-0.3, -0.25) is 4.79 Å². The van der Waals surface area contributed by atoms with E-state index in [9.17, 15) is 4.79 Å². The van der Waals surface area contributed by atoms with Crippen LogP contribution >= 0.6 is 0 Å². The number of rotatable bonds is 3. The molecule has 0 atom stereocenters. The number of fused-ring (bicyclic) bond motifs is 1. The fraction of sp³-hybridized carbons (Fsp3) is 0.143. The molecule has 1 aromatic heterocycles. The molecule has 20 heavy (non-hydrogen) atoms. The summed E-state index contributed by atoms with van der Waals surface area (Å²) in [7, 11) is 1.75. The maximum atomic E-state index is 12.1. The fourth-order valence-corrected chi connectivity index (χ4v) is 1.89. The van der Waals surface area contributed by atoms with Crippen LogP contribution in [0.2, 0.25) is 0 Å². The number of anilines is 2. The first-order valence-corrected chi connectivity index (χ1v) is 6.11. The van der Waals surface area contributed by atoms with Crippen molar-refractivity contribution >= 4 is 17.4 Å². The summed E-state index contributed by atoms with van der Waals surface area (Å²) in [4.78, 5) is 16.2. The molecule has 1 aliphatic heterocycles. The van der Waals surface area contributed by atoms with E-state index in [2.05, 4.69) is 15.6 Å². The molecule has 0 fully saturated rings. The molecule has 2 aromatic rings. The highest BCUT2D eigenvalue weighted by atomic mass is 16.7. The standard InChI is InChI=1S/C14H13N3O3/c1-15-13-6-9(4-5-16-13)14(18)17-10-2-3-11-12(7-10)20-8-19-11/h2-7H,8H2,1H3,(H,15,16)(H,17,18). The van der Waals surface area contributed by atoms with Crippen LogP contribution in [0.1, 0.15) is 10.4 Å².